The van der Waals surface area contributed by atoms with Gasteiger partial charge in [0.25, 0.3) is 5.91 Å². The van der Waals surface area contributed by atoms with Crippen LogP contribution in [0.3, 0.4) is 0 Å². The SMILES string of the molecule is CCOc1cc(-c2cnc(N3C4CC5CC3CC(NC(=O)c3ccc(OC)nc3)(C5)C4)cn2)c2c(C#N)cnn2c1. The number of nitriles is 1. The third kappa shape index (κ3) is 4.30. The molecule has 2 saturated heterocycles. The smallest absolute Gasteiger partial charge is 0.253 e. The van der Waals surface area contributed by atoms with Crippen molar-refractivity contribution in [3.63, 3.8) is 0 Å². The van der Waals surface area contributed by atoms with Crippen LogP contribution in [0.5, 0.6) is 11.6 Å². The van der Waals surface area contributed by atoms with Gasteiger partial charge in [-0.2, -0.15) is 10.4 Å². The summed E-state index contributed by atoms with van der Waals surface area (Å²) < 4.78 is 12.5. The van der Waals surface area contributed by atoms with Gasteiger partial charge in [0.05, 0.1) is 60.8 Å². The Bertz CT molecular complexity index is 1640. The Labute approximate surface area is 237 Å². The van der Waals surface area contributed by atoms with E-state index in [-0.39, 0.29) is 23.5 Å². The van der Waals surface area contributed by atoms with E-state index in [0.29, 0.717) is 46.5 Å². The molecule has 4 aliphatic rings. The summed E-state index contributed by atoms with van der Waals surface area (Å²) in [6, 6.07) is 8.14. The third-order valence-electron chi connectivity index (χ3n) is 8.71. The molecule has 4 bridgehead atoms. The van der Waals surface area contributed by atoms with E-state index in [4.69, 9.17) is 19.4 Å². The van der Waals surface area contributed by atoms with Gasteiger partial charge in [-0.3, -0.25) is 9.78 Å². The van der Waals surface area contributed by atoms with Crippen LogP contribution in [0, 0.1) is 17.2 Å². The Hall–Kier alpha value is -4.72. The lowest BCUT2D eigenvalue weighted by Crippen LogP contribution is -2.69. The largest absolute Gasteiger partial charge is 0.492 e. The molecule has 11 heteroatoms. The first kappa shape index (κ1) is 25.3. The number of nitrogens with zero attached hydrogens (tertiary/aromatic N) is 7. The van der Waals surface area contributed by atoms with Crippen LogP contribution in [-0.2, 0) is 0 Å². The zero-order valence-corrected chi connectivity index (χ0v) is 22.9. The first-order valence-electron chi connectivity index (χ1n) is 14.0. The molecule has 2 atom stereocenters. The molecule has 0 aromatic carbocycles. The average Bonchev–Trinajstić information content (AvgIpc) is 3.40. The lowest BCUT2D eigenvalue weighted by Gasteiger charge is -2.62. The van der Waals surface area contributed by atoms with Crippen LogP contribution in [0.15, 0.2) is 49.2 Å². The van der Waals surface area contributed by atoms with Gasteiger partial charge >= 0.3 is 0 Å². The molecule has 11 nitrogen and oxygen atoms in total. The molecule has 208 valence electrons. The fraction of sp³-hybridized carbons (Fsp3) is 0.400. The number of carbonyl (C=O) groups is 1. The molecule has 0 spiro atoms. The lowest BCUT2D eigenvalue weighted by atomic mass is 9.59. The number of piperidine rings is 2. The number of pyridine rings is 2. The highest BCUT2D eigenvalue weighted by Crippen LogP contribution is 2.52. The summed E-state index contributed by atoms with van der Waals surface area (Å²) >= 11 is 0. The minimum Gasteiger partial charge on any atom is -0.492 e. The minimum atomic E-state index is -0.224. The monoisotopic (exact) mass is 550 g/mol. The second-order valence-electron chi connectivity index (χ2n) is 11.2. The fourth-order valence-electron chi connectivity index (χ4n) is 7.31. The van der Waals surface area contributed by atoms with E-state index in [1.807, 2.05) is 19.2 Å². The Balaban J connectivity index is 1.14. The molecule has 2 aliphatic carbocycles. The van der Waals surface area contributed by atoms with Crippen LogP contribution < -0.4 is 19.7 Å². The van der Waals surface area contributed by atoms with Crippen LogP contribution in [0.1, 0.15) is 54.9 Å². The first-order chi connectivity index (χ1) is 20.0. The van der Waals surface area contributed by atoms with Crippen molar-refractivity contribution >= 4 is 17.2 Å². The van der Waals surface area contributed by atoms with Crippen LogP contribution in [0.4, 0.5) is 5.82 Å². The number of anilines is 1. The van der Waals surface area contributed by atoms with Crippen molar-refractivity contribution in [2.45, 2.75) is 56.7 Å². The van der Waals surface area contributed by atoms with E-state index in [9.17, 15) is 10.1 Å². The third-order valence-corrected chi connectivity index (χ3v) is 8.71. The van der Waals surface area contributed by atoms with E-state index >= 15 is 0 Å². The highest BCUT2D eigenvalue weighted by Gasteiger charge is 2.55. The zero-order chi connectivity index (χ0) is 28.1. The van der Waals surface area contributed by atoms with Gasteiger partial charge in [0.2, 0.25) is 5.88 Å². The highest BCUT2D eigenvalue weighted by molar-refractivity contribution is 5.94. The van der Waals surface area contributed by atoms with E-state index < -0.39 is 0 Å². The Morgan fingerprint density at radius 2 is 1.95 bits per heavy atom. The summed E-state index contributed by atoms with van der Waals surface area (Å²) in [5, 5.41) is 17.4. The molecule has 41 heavy (non-hydrogen) atoms. The van der Waals surface area contributed by atoms with Crippen molar-refractivity contribution in [2.75, 3.05) is 18.6 Å². The average molecular weight is 551 g/mol. The van der Waals surface area contributed by atoms with Crippen molar-refractivity contribution < 1.29 is 14.3 Å². The number of methoxy groups -OCH3 is 1. The van der Waals surface area contributed by atoms with Gasteiger partial charge in [-0.25, -0.2) is 14.5 Å². The number of ether oxygens (including phenoxy) is 2. The van der Waals surface area contributed by atoms with Crippen LogP contribution in [-0.4, -0.2) is 61.8 Å². The molecule has 2 unspecified atom stereocenters. The molecule has 0 radical (unpaired) electrons. The topological polar surface area (TPSA) is 131 Å². The summed E-state index contributed by atoms with van der Waals surface area (Å²) in [5.74, 6) is 2.47. The molecule has 2 aliphatic heterocycles. The summed E-state index contributed by atoms with van der Waals surface area (Å²) in [5.41, 5.74) is 2.87. The number of hydrogen-bond acceptors (Lipinski definition) is 9. The van der Waals surface area contributed by atoms with Gasteiger partial charge in [0.15, 0.2) is 0 Å². The van der Waals surface area contributed by atoms with E-state index in [0.717, 1.165) is 43.5 Å². The standard InChI is InChI=1S/C30H30N8O3/c1-3-41-23-8-24(28-20(12-31)14-35-37(28)17-23)25-15-33-26(16-32-25)38-21-6-18-7-22(38)11-30(9-18,10-21)36-29(39)19-4-5-27(40-2)34-13-19/h4-5,8,13-18,21-22H,3,6-7,9-11H2,1-2H3,(H,36,39). The first-order valence-corrected chi connectivity index (χ1v) is 14.0. The number of hydrogen-bond donors (Lipinski definition) is 1. The van der Waals surface area contributed by atoms with Gasteiger partial charge in [-0.05, 0) is 57.1 Å². The highest BCUT2D eigenvalue weighted by atomic mass is 16.5. The van der Waals surface area contributed by atoms with Crippen molar-refractivity contribution in [2.24, 2.45) is 5.92 Å². The van der Waals surface area contributed by atoms with Crippen LogP contribution in [0.2, 0.25) is 0 Å². The molecule has 8 rings (SSSR count). The molecule has 1 amide bonds. The Kier molecular flexibility index (Phi) is 5.99. The number of aromatic nitrogens is 5. The molecule has 4 aromatic heterocycles. The normalized spacial score (nSPS) is 24.3. The summed E-state index contributed by atoms with van der Waals surface area (Å²) in [6.45, 7) is 2.44. The lowest BCUT2D eigenvalue weighted by molar-refractivity contribution is 0.0358. The van der Waals surface area contributed by atoms with Crippen LogP contribution in [0.25, 0.3) is 16.8 Å². The van der Waals surface area contributed by atoms with Crippen molar-refractivity contribution in [1.29, 1.82) is 5.26 Å². The van der Waals surface area contributed by atoms with E-state index in [1.165, 1.54) is 0 Å². The van der Waals surface area contributed by atoms with Crippen molar-refractivity contribution in [3.05, 3.63) is 60.3 Å². The Morgan fingerprint density at radius 1 is 1.12 bits per heavy atom. The summed E-state index contributed by atoms with van der Waals surface area (Å²) in [4.78, 5) is 29.5. The summed E-state index contributed by atoms with van der Waals surface area (Å²) in [7, 11) is 1.56. The molecule has 4 fully saturated rings. The molecule has 4 aromatic rings. The van der Waals surface area contributed by atoms with Gasteiger partial charge in [0, 0.05) is 35.4 Å². The minimum absolute atomic E-state index is 0.0880. The Morgan fingerprint density at radius 3 is 2.61 bits per heavy atom. The number of carbonyl (C=O) groups excluding carboxylic acids is 1. The van der Waals surface area contributed by atoms with Gasteiger partial charge in [-0.1, -0.05) is 0 Å². The van der Waals surface area contributed by atoms with Gasteiger partial charge < -0.3 is 19.7 Å². The second-order valence-corrected chi connectivity index (χ2v) is 11.2. The quantitative estimate of drug-likeness (QED) is 0.365. The maximum atomic E-state index is 13.2. The van der Waals surface area contributed by atoms with E-state index in [1.54, 1.807) is 48.5 Å². The fourth-order valence-corrected chi connectivity index (χ4v) is 7.31. The van der Waals surface area contributed by atoms with Crippen LogP contribution >= 0.6 is 0 Å². The molecule has 6 heterocycles. The van der Waals surface area contributed by atoms with E-state index in [2.05, 4.69) is 26.4 Å². The van der Waals surface area contributed by atoms with Crippen molar-refractivity contribution in [3.8, 4) is 29.0 Å². The van der Waals surface area contributed by atoms with Gasteiger partial charge in [-0.15, -0.1) is 0 Å². The second kappa shape index (κ2) is 9.73. The number of amides is 1. The predicted molar refractivity (Wildman–Crippen MR) is 150 cm³/mol. The number of rotatable bonds is 7. The molecular weight excluding hydrogens is 520 g/mol. The molecule has 1 N–H and O–H groups in total. The molecule has 2 saturated carbocycles. The maximum absolute atomic E-state index is 13.2. The molecular formula is C30H30N8O3. The van der Waals surface area contributed by atoms with Gasteiger partial charge in [0.1, 0.15) is 17.6 Å². The zero-order valence-electron chi connectivity index (χ0n) is 22.9. The number of fused-ring (bicyclic) bond motifs is 1. The maximum Gasteiger partial charge on any atom is 0.253 e. The predicted octanol–water partition coefficient (Wildman–Crippen LogP) is 3.79. The summed E-state index contributed by atoms with van der Waals surface area (Å²) in [6.07, 6.45) is 13.4. The number of nitrogens with one attached hydrogen (secondary N) is 1. The van der Waals surface area contributed by atoms with Crippen molar-refractivity contribution in [1.82, 2.24) is 29.9 Å².